The molecule has 9 heteroatoms. The van der Waals surface area contributed by atoms with Crippen LogP contribution in [-0.2, 0) is 4.79 Å². The second-order valence-electron chi connectivity index (χ2n) is 8.14. The predicted octanol–water partition coefficient (Wildman–Crippen LogP) is 4.53. The third-order valence-corrected chi connectivity index (χ3v) is 5.56. The van der Waals surface area contributed by atoms with E-state index in [0.717, 1.165) is 16.9 Å². The normalized spacial score (nSPS) is 10.2. The fraction of sp³-hybridized carbons (Fsp3) is 0.100. The molecule has 198 valence electrons. The SMILES string of the molecule is O=C(COc1ccc(-c2ccccc2)cc1)NNC(=S)NC(=O)c1ccccc1OCCOc1ccccc1. The van der Waals surface area contributed by atoms with Crippen molar-refractivity contribution in [3.8, 4) is 28.4 Å². The topological polar surface area (TPSA) is 97.9 Å². The number of thiocarbonyl (C=S) groups is 1. The van der Waals surface area contributed by atoms with E-state index in [4.69, 9.17) is 26.4 Å². The summed E-state index contributed by atoms with van der Waals surface area (Å²) in [6.07, 6.45) is 0. The molecule has 3 N–H and O–H groups in total. The molecule has 0 saturated heterocycles. The molecular formula is C30H27N3O5S. The number of nitrogens with one attached hydrogen (secondary N) is 3. The summed E-state index contributed by atoms with van der Waals surface area (Å²) < 4.78 is 16.9. The maximum Gasteiger partial charge on any atom is 0.276 e. The summed E-state index contributed by atoms with van der Waals surface area (Å²) in [5.74, 6) is 0.700. The van der Waals surface area contributed by atoms with Crippen molar-refractivity contribution in [2.24, 2.45) is 0 Å². The van der Waals surface area contributed by atoms with Crippen molar-refractivity contribution in [3.63, 3.8) is 0 Å². The maximum atomic E-state index is 12.7. The molecule has 0 aliphatic carbocycles. The summed E-state index contributed by atoms with van der Waals surface area (Å²) in [5.41, 5.74) is 7.32. The summed E-state index contributed by atoms with van der Waals surface area (Å²) in [7, 11) is 0. The van der Waals surface area contributed by atoms with E-state index >= 15 is 0 Å². The molecule has 0 aliphatic rings. The van der Waals surface area contributed by atoms with Gasteiger partial charge in [0.2, 0.25) is 0 Å². The van der Waals surface area contributed by atoms with Crippen molar-refractivity contribution in [3.05, 3.63) is 115 Å². The molecular weight excluding hydrogens is 514 g/mol. The molecule has 0 fully saturated rings. The first kappa shape index (κ1) is 27.2. The minimum absolute atomic E-state index is 0.0808. The lowest BCUT2D eigenvalue weighted by atomic mass is 10.1. The van der Waals surface area contributed by atoms with Crippen molar-refractivity contribution in [1.82, 2.24) is 16.2 Å². The van der Waals surface area contributed by atoms with E-state index in [2.05, 4.69) is 16.2 Å². The van der Waals surface area contributed by atoms with Crippen LogP contribution in [0.15, 0.2) is 109 Å². The summed E-state index contributed by atoms with van der Waals surface area (Å²) in [5, 5.41) is 2.44. The molecule has 0 radical (unpaired) electrons. The number of amides is 2. The molecule has 4 aromatic carbocycles. The Morgan fingerprint density at radius 1 is 0.615 bits per heavy atom. The molecule has 2 amide bonds. The molecule has 4 rings (SSSR count). The molecule has 0 heterocycles. The van der Waals surface area contributed by atoms with Crippen molar-refractivity contribution in [2.45, 2.75) is 0 Å². The molecule has 4 aromatic rings. The van der Waals surface area contributed by atoms with Gasteiger partial charge in [-0.2, -0.15) is 0 Å². The van der Waals surface area contributed by atoms with Crippen LogP contribution in [0.25, 0.3) is 11.1 Å². The number of carbonyl (C=O) groups excluding carboxylic acids is 2. The quantitative estimate of drug-likeness (QED) is 0.154. The van der Waals surface area contributed by atoms with Gasteiger partial charge < -0.3 is 14.2 Å². The minimum atomic E-state index is -0.490. The van der Waals surface area contributed by atoms with Crippen LogP contribution in [0.1, 0.15) is 10.4 Å². The highest BCUT2D eigenvalue weighted by atomic mass is 32.1. The Balaban J connectivity index is 1.18. The zero-order valence-electron chi connectivity index (χ0n) is 21.0. The number of hydrazine groups is 1. The summed E-state index contributed by atoms with van der Waals surface area (Å²) in [6, 6.07) is 33.5. The largest absolute Gasteiger partial charge is 0.490 e. The molecule has 39 heavy (non-hydrogen) atoms. The van der Waals surface area contributed by atoms with Gasteiger partial charge in [0.15, 0.2) is 11.7 Å². The van der Waals surface area contributed by atoms with Crippen LogP contribution < -0.4 is 30.4 Å². The van der Waals surface area contributed by atoms with Gasteiger partial charge in [0.1, 0.15) is 30.5 Å². The molecule has 0 saturated carbocycles. The first-order chi connectivity index (χ1) is 19.1. The van der Waals surface area contributed by atoms with Gasteiger partial charge in [0, 0.05) is 0 Å². The van der Waals surface area contributed by atoms with Crippen molar-refractivity contribution in [2.75, 3.05) is 19.8 Å². The summed E-state index contributed by atoms with van der Waals surface area (Å²) in [4.78, 5) is 24.9. The highest BCUT2D eigenvalue weighted by molar-refractivity contribution is 7.80. The lowest BCUT2D eigenvalue weighted by Crippen LogP contribution is -2.49. The van der Waals surface area contributed by atoms with Gasteiger partial charge >= 0.3 is 0 Å². The number of ether oxygens (including phenoxy) is 3. The van der Waals surface area contributed by atoms with Gasteiger partial charge in [-0.3, -0.25) is 25.8 Å². The van der Waals surface area contributed by atoms with Crippen LogP contribution in [0.5, 0.6) is 17.2 Å². The minimum Gasteiger partial charge on any atom is -0.490 e. The van der Waals surface area contributed by atoms with E-state index < -0.39 is 11.8 Å². The van der Waals surface area contributed by atoms with Crippen LogP contribution in [0, 0.1) is 0 Å². The molecule has 0 aliphatic heterocycles. The predicted molar refractivity (Wildman–Crippen MR) is 153 cm³/mol. The number of hydrogen-bond donors (Lipinski definition) is 3. The highest BCUT2D eigenvalue weighted by Gasteiger charge is 2.14. The second kappa shape index (κ2) is 14.2. The first-order valence-electron chi connectivity index (χ1n) is 12.2. The Kier molecular flexibility index (Phi) is 9.85. The smallest absolute Gasteiger partial charge is 0.276 e. The van der Waals surface area contributed by atoms with Gasteiger partial charge in [-0.05, 0) is 59.7 Å². The Morgan fingerprint density at radius 3 is 1.95 bits per heavy atom. The summed E-state index contributed by atoms with van der Waals surface area (Å²) >= 11 is 5.13. The highest BCUT2D eigenvalue weighted by Crippen LogP contribution is 2.22. The third-order valence-electron chi connectivity index (χ3n) is 5.36. The maximum absolute atomic E-state index is 12.7. The fourth-order valence-corrected chi connectivity index (χ4v) is 3.64. The number of hydrogen-bond acceptors (Lipinski definition) is 6. The molecule has 8 nitrogen and oxygen atoms in total. The number of carbonyl (C=O) groups is 2. The van der Waals surface area contributed by atoms with E-state index in [1.807, 2.05) is 72.8 Å². The lowest BCUT2D eigenvalue weighted by Gasteiger charge is -2.14. The Bertz CT molecular complexity index is 1380. The standard InChI is InChI=1S/C30H27N3O5S/c34-28(21-38-25-17-15-23(16-18-25)22-9-3-1-4-10-22)32-33-30(39)31-29(35)26-13-7-8-14-27(26)37-20-19-36-24-11-5-2-6-12-24/h1-18H,19-21H2,(H,32,34)(H2,31,33,35,39). The fourth-order valence-electron chi connectivity index (χ4n) is 3.50. The zero-order valence-corrected chi connectivity index (χ0v) is 21.8. The van der Waals surface area contributed by atoms with Gasteiger partial charge in [0.05, 0.1) is 5.56 Å². The third kappa shape index (κ3) is 8.58. The average Bonchev–Trinajstić information content (AvgIpc) is 2.98. The van der Waals surface area contributed by atoms with Gasteiger partial charge in [0.25, 0.3) is 11.8 Å². The van der Waals surface area contributed by atoms with E-state index in [-0.39, 0.29) is 23.9 Å². The number of para-hydroxylation sites is 2. The van der Waals surface area contributed by atoms with Crippen molar-refractivity contribution in [1.29, 1.82) is 0 Å². The van der Waals surface area contributed by atoms with Crippen molar-refractivity contribution < 1.29 is 23.8 Å². The van der Waals surface area contributed by atoms with Gasteiger partial charge in [-0.15, -0.1) is 0 Å². The Hall–Kier alpha value is -4.89. The van der Waals surface area contributed by atoms with Crippen LogP contribution in [0.3, 0.4) is 0 Å². The van der Waals surface area contributed by atoms with Crippen LogP contribution >= 0.6 is 12.2 Å². The molecule has 0 atom stereocenters. The monoisotopic (exact) mass is 541 g/mol. The van der Waals surface area contributed by atoms with E-state index in [1.165, 1.54) is 0 Å². The average molecular weight is 542 g/mol. The summed E-state index contributed by atoms with van der Waals surface area (Å²) in [6.45, 7) is 0.314. The number of benzene rings is 4. The van der Waals surface area contributed by atoms with Crippen molar-refractivity contribution >= 4 is 29.1 Å². The Morgan fingerprint density at radius 2 is 1.21 bits per heavy atom. The molecule has 0 aromatic heterocycles. The molecule has 0 bridgehead atoms. The number of rotatable bonds is 10. The van der Waals surface area contributed by atoms with Crippen LogP contribution in [0.2, 0.25) is 0 Å². The van der Waals surface area contributed by atoms with E-state index in [0.29, 0.717) is 18.1 Å². The lowest BCUT2D eigenvalue weighted by molar-refractivity contribution is -0.123. The zero-order chi connectivity index (χ0) is 27.3. The second-order valence-corrected chi connectivity index (χ2v) is 8.55. The van der Waals surface area contributed by atoms with Gasteiger partial charge in [-0.25, -0.2) is 0 Å². The van der Waals surface area contributed by atoms with Crippen LogP contribution in [0.4, 0.5) is 0 Å². The van der Waals surface area contributed by atoms with E-state index in [1.54, 1.807) is 36.4 Å². The van der Waals surface area contributed by atoms with Crippen LogP contribution in [-0.4, -0.2) is 36.7 Å². The Labute approximate surface area is 231 Å². The molecule has 0 spiro atoms. The first-order valence-corrected chi connectivity index (χ1v) is 12.6. The molecule has 0 unspecified atom stereocenters. The van der Waals surface area contributed by atoms with Gasteiger partial charge in [-0.1, -0.05) is 72.8 Å². The van der Waals surface area contributed by atoms with E-state index in [9.17, 15) is 9.59 Å².